The smallest absolute Gasteiger partial charge is 0.0991 e. The molecular weight excluding hydrogens is 248 g/mol. The number of nitriles is 1. The molecule has 20 heavy (non-hydrogen) atoms. The summed E-state index contributed by atoms with van der Waals surface area (Å²) in [6.07, 6.45) is 6.03. The average Bonchev–Trinajstić information content (AvgIpc) is 2.46. The van der Waals surface area contributed by atoms with Crippen molar-refractivity contribution < 1.29 is 4.74 Å². The second-order valence-corrected chi connectivity index (χ2v) is 6.20. The van der Waals surface area contributed by atoms with Gasteiger partial charge in [0.25, 0.3) is 0 Å². The lowest BCUT2D eigenvalue weighted by Crippen LogP contribution is -2.51. The first-order valence-corrected chi connectivity index (χ1v) is 7.61. The molecule has 2 atom stereocenters. The molecular formula is C17H22N2O. The van der Waals surface area contributed by atoms with Crippen LogP contribution < -0.4 is 5.32 Å². The summed E-state index contributed by atoms with van der Waals surface area (Å²) in [5.74, 6) is 0. The fraction of sp³-hybridized carbons (Fsp3) is 0.588. The molecule has 2 fully saturated rings. The Balaban J connectivity index is 1.60. The maximum Gasteiger partial charge on any atom is 0.0991 e. The van der Waals surface area contributed by atoms with Gasteiger partial charge in [-0.3, -0.25) is 0 Å². The van der Waals surface area contributed by atoms with E-state index < -0.39 is 0 Å². The van der Waals surface area contributed by atoms with Crippen LogP contribution in [0.2, 0.25) is 0 Å². The van der Waals surface area contributed by atoms with Crippen LogP contribution in [-0.4, -0.2) is 18.2 Å². The van der Waals surface area contributed by atoms with E-state index in [2.05, 4.69) is 30.4 Å². The van der Waals surface area contributed by atoms with Crippen LogP contribution in [0.1, 0.15) is 56.2 Å². The monoisotopic (exact) mass is 270 g/mol. The lowest BCUT2D eigenvalue weighted by molar-refractivity contribution is -0.136. The van der Waals surface area contributed by atoms with Gasteiger partial charge in [-0.15, -0.1) is 0 Å². The fourth-order valence-electron chi connectivity index (χ4n) is 3.39. The zero-order valence-electron chi connectivity index (χ0n) is 12.1. The van der Waals surface area contributed by atoms with E-state index in [9.17, 15) is 0 Å². The third-order valence-electron chi connectivity index (χ3n) is 4.78. The lowest BCUT2D eigenvalue weighted by atomic mass is 9.74. The van der Waals surface area contributed by atoms with Crippen molar-refractivity contribution in [3.63, 3.8) is 0 Å². The van der Waals surface area contributed by atoms with Crippen LogP contribution in [0.5, 0.6) is 0 Å². The molecule has 3 heteroatoms. The molecule has 1 saturated carbocycles. The molecule has 1 spiro atoms. The minimum Gasteiger partial charge on any atom is -0.375 e. The van der Waals surface area contributed by atoms with Gasteiger partial charge in [0.15, 0.2) is 0 Å². The second-order valence-electron chi connectivity index (χ2n) is 6.20. The number of hydrogen-bond acceptors (Lipinski definition) is 3. The molecule has 1 saturated heterocycles. The van der Waals surface area contributed by atoms with Crippen LogP contribution in [0.3, 0.4) is 0 Å². The third kappa shape index (κ3) is 2.72. The van der Waals surface area contributed by atoms with Gasteiger partial charge in [0.05, 0.1) is 17.2 Å². The van der Waals surface area contributed by atoms with Crippen molar-refractivity contribution in [1.82, 2.24) is 5.32 Å². The van der Waals surface area contributed by atoms with Crippen molar-refractivity contribution in [1.29, 1.82) is 5.26 Å². The maximum atomic E-state index is 8.84. The van der Waals surface area contributed by atoms with E-state index in [1.54, 1.807) is 0 Å². The van der Waals surface area contributed by atoms with Crippen molar-refractivity contribution in [3.05, 3.63) is 35.4 Å². The molecule has 0 aromatic heterocycles. The Morgan fingerprint density at radius 1 is 1.35 bits per heavy atom. The minimum absolute atomic E-state index is 0.195. The normalized spacial score (nSPS) is 25.7. The van der Waals surface area contributed by atoms with E-state index in [0.29, 0.717) is 12.1 Å². The zero-order chi connectivity index (χ0) is 14.0. The van der Waals surface area contributed by atoms with Crippen molar-refractivity contribution >= 4 is 0 Å². The number of benzene rings is 1. The summed E-state index contributed by atoms with van der Waals surface area (Å²) in [5, 5.41) is 12.6. The Kier molecular flexibility index (Phi) is 3.78. The van der Waals surface area contributed by atoms with Gasteiger partial charge in [0, 0.05) is 18.7 Å². The summed E-state index contributed by atoms with van der Waals surface area (Å²) < 4.78 is 5.97. The first-order valence-electron chi connectivity index (χ1n) is 7.61. The van der Waals surface area contributed by atoms with E-state index in [1.165, 1.54) is 24.8 Å². The Labute approximate surface area is 120 Å². The van der Waals surface area contributed by atoms with E-state index in [-0.39, 0.29) is 5.60 Å². The van der Waals surface area contributed by atoms with Gasteiger partial charge in [-0.25, -0.2) is 0 Å². The lowest BCUT2D eigenvalue weighted by Gasteiger charge is -2.47. The van der Waals surface area contributed by atoms with Gasteiger partial charge in [0.1, 0.15) is 0 Å². The van der Waals surface area contributed by atoms with Gasteiger partial charge in [-0.2, -0.15) is 5.26 Å². The quantitative estimate of drug-likeness (QED) is 0.916. The van der Waals surface area contributed by atoms with Crippen LogP contribution in [0.15, 0.2) is 24.3 Å². The van der Waals surface area contributed by atoms with Crippen LogP contribution in [0.25, 0.3) is 0 Å². The van der Waals surface area contributed by atoms with Crippen molar-refractivity contribution in [2.75, 3.05) is 6.61 Å². The van der Waals surface area contributed by atoms with Crippen LogP contribution >= 0.6 is 0 Å². The first kappa shape index (κ1) is 13.6. The van der Waals surface area contributed by atoms with Crippen LogP contribution in [0.4, 0.5) is 0 Å². The maximum absolute atomic E-state index is 8.84. The zero-order valence-corrected chi connectivity index (χ0v) is 12.1. The second kappa shape index (κ2) is 5.55. The summed E-state index contributed by atoms with van der Waals surface area (Å²) in [4.78, 5) is 0. The van der Waals surface area contributed by atoms with Gasteiger partial charge in [0.2, 0.25) is 0 Å². The molecule has 3 rings (SSSR count). The van der Waals surface area contributed by atoms with Crippen molar-refractivity contribution in [3.8, 4) is 6.07 Å². The number of nitrogens with zero attached hydrogens (tertiary/aromatic N) is 1. The Morgan fingerprint density at radius 3 is 2.70 bits per heavy atom. The highest BCUT2D eigenvalue weighted by atomic mass is 16.5. The van der Waals surface area contributed by atoms with Crippen molar-refractivity contribution in [2.24, 2.45) is 0 Å². The molecule has 0 amide bonds. The molecule has 106 valence electrons. The fourth-order valence-corrected chi connectivity index (χ4v) is 3.39. The average molecular weight is 270 g/mol. The Hall–Kier alpha value is -1.37. The number of ether oxygens (including phenoxy) is 1. The molecule has 0 bridgehead atoms. The van der Waals surface area contributed by atoms with Crippen molar-refractivity contribution in [2.45, 2.75) is 56.7 Å². The summed E-state index contributed by atoms with van der Waals surface area (Å²) in [6, 6.07) is 10.9. The summed E-state index contributed by atoms with van der Waals surface area (Å²) in [7, 11) is 0. The molecule has 1 aliphatic carbocycles. The summed E-state index contributed by atoms with van der Waals surface area (Å²) >= 11 is 0. The molecule has 1 aromatic rings. The highest BCUT2D eigenvalue weighted by molar-refractivity contribution is 5.32. The molecule has 1 N–H and O–H groups in total. The van der Waals surface area contributed by atoms with Gasteiger partial charge >= 0.3 is 0 Å². The Morgan fingerprint density at radius 2 is 2.10 bits per heavy atom. The highest BCUT2D eigenvalue weighted by Gasteiger charge is 2.42. The van der Waals surface area contributed by atoms with E-state index in [0.717, 1.165) is 25.0 Å². The van der Waals surface area contributed by atoms with Gasteiger partial charge in [-0.1, -0.05) is 12.1 Å². The standard InChI is InChI=1S/C17H22N2O/c1-13(15-5-3-14(12-18)4-6-15)19-16-7-10-20-17(11-16)8-2-9-17/h3-6,13,16,19H,2,7-11H2,1H3. The molecule has 2 unspecified atom stereocenters. The predicted molar refractivity (Wildman–Crippen MR) is 78.3 cm³/mol. The molecule has 1 heterocycles. The molecule has 1 aliphatic heterocycles. The minimum atomic E-state index is 0.195. The van der Waals surface area contributed by atoms with Crippen LogP contribution in [-0.2, 0) is 4.74 Å². The SMILES string of the molecule is CC(NC1CCOC2(CCC2)C1)c1ccc(C#N)cc1. The summed E-state index contributed by atoms with van der Waals surface area (Å²) in [5.41, 5.74) is 2.17. The molecule has 1 aromatic carbocycles. The Bertz CT molecular complexity index is 499. The molecule has 2 aliphatic rings. The van der Waals surface area contributed by atoms with E-state index in [1.807, 2.05) is 12.1 Å². The highest BCUT2D eigenvalue weighted by Crippen LogP contribution is 2.42. The first-order chi connectivity index (χ1) is 9.71. The van der Waals surface area contributed by atoms with Gasteiger partial charge in [-0.05, 0) is 56.7 Å². The molecule has 0 radical (unpaired) electrons. The third-order valence-corrected chi connectivity index (χ3v) is 4.78. The van der Waals surface area contributed by atoms with E-state index in [4.69, 9.17) is 10.00 Å². The number of hydrogen-bond donors (Lipinski definition) is 1. The number of nitrogens with one attached hydrogen (secondary N) is 1. The van der Waals surface area contributed by atoms with Gasteiger partial charge < -0.3 is 10.1 Å². The number of rotatable bonds is 3. The summed E-state index contributed by atoms with van der Waals surface area (Å²) in [6.45, 7) is 3.09. The van der Waals surface area contributed by atoms with Crippen LogP contribution in [0, 0.1) is 11.3 Å². The molecule has 3 nitrogen and oxygen atoms in total. The van der Waals surface area contributed by atoms with E-state index >= 15 is 0 Å². The topological polar surface area (TPSA) is 45.0 Å². The predicted octanol–water partition coefficient (Wildman–Crippen LogP) is 3.31. The largest absolute Gasteiger partial charge is 0.375 e.